The van der Waals surface area contributed by atoms with Gasteiger partial charge in [-0.05, 0) is 70.4 Å². The molecular formula is C25H27ClN2O6. The molecule has 8 nitrogen and oxygen atoms in total. The fourth-order valence-electron chi connectivity index (χ4n) is 4.31. The zero-order valence-corrected chi connectivity index (χ0v) is 20.3. The number of ether oxygens (including phenoxy) is 2. The molecule has 1 unspecified atom stereocenters. The fraction of sp³-hybridized carbons (Fsp3) is 0.360. The highest BCUT2D eigenvalue weighted by Gasteiger charge is 2.54. The van der Waals surface area contributed by atoms with Gasteiger partial charge in [0.2, 0.25) is 16.9 Å². The second kappa shape index (κ2) is 9.29. The second-order valence-electron chi connectivity index (χ2n) is 8.36. The molecule has 0 bridgehead atoms. The molecule has 180 valence electrons. The van der Waals surface area contributed by atoms with E-state index in [0.29, 0.717) is 41.7 Å². The van der Waals surface area contributed by atoms with Crippen LogP contribution in [-0.4, -0.2) is 61.7 Å². The average molecular weight is 487 g/mol. The van der Waals surface area contributed by atoms with Gasteiger partial charge in [0.1, 0.15) is 11.1 Å². The number of carbonyl (C=O) groups is 1. The molecule has 0 spiro atoms. The first-order chi connectivity index (χ1) is 16.2. The molecular weight excluding hydrogens is 460 g/mol. The largest absolute Gasteiger partial charge is 0.493 e. The summed E-state index contributed by atoms with van der Waals surface area (Å²) >= 11 is 6.12. The van der Waals surface area contributed by atoms with Crippen molar-refractivity contribution in [3.63, 3.8) is 0 Å². The smallest absolute Gasteiger partial charge is 0.293 e. The zero-order valence-electron chi connectivity index (χ0n) is 19.6. The van der Waals surface area contributed by atoms with Gasteiger partial charge < -0.3 is 23.9 Å². The van der Waals surface area contributed by atoms with Crippen molar-refractivity contribution in [2.45, 2.75) is 19.1 Å². The van der Waals surface area contributed by atoms with Gasteiger partial charge in [-0.15, -0.1) is 0 Å². The van der Waals surface area contributed by atoms with Crippen LogP contribution >= 0.6 is 11.6 Å². The quantitative estimate of drug-likeness (QED) is 0.521. The summed E-state index contributed by atoms with van der Waals surface area (Å²) < 4.78 is 16.9. The highest BCUT2D eigenvalue weighted by Crippen LogP contribution is 2.44. The van der Waals surface area contributed by atoms with Crippen LogP contribution < -0.4 is 14.9 Å². The summed E-state index contributed by atoms with van der Waals surface area (Å²) in [4.78, 5) is 30.4. The van der Waals surface area contributed by atoms with E-state index < -0.39 is 17.1 Å². The van der Waals surface area contributed by atoms with Gasteiger partial charge in [0.05, 0.1) is 19.1 Å². The Labute approximate surface area is 202 Å². The normalized spacial score (nSPS) is 17.5. The molecule has 3 aromatic rings. The van der Waals surface area contributed by atoms with Gasteiger partial charge in [0, 0.05) is 17.1 Å². The minimum Gasteiger partial charge on any atom is -0.493 e. The summed E-state index contributed by atoms with van der Waals surface area (Å²) in [5, 5.41) is 12.7. The lowest BCUT2D eigenvalue weighted by Crippen LogP contribution is -2.47. The van der Waals surface area contributed by atoms with Gasteiger partial charge in [0.15, 0.2) is 11.5 Å². The molecule has 0 radical (unpaired) electrons. The van der Waals surface area contributed by atoms with Crippen molar-refractivity contribution in [2.24, 2.45) is 0 Å². The summed E-state index contributed by atoms with van der Waals surface area (Å²) in [7, 11) is 5.33. The topological polar surface area (TPSA) is 92.5 Å². The number of aliphatic hydroxyl groups is 1. The lowest BCUT2D eigenvalue weighted by molar-refractivity contribution is -0.0514. The van der Waals surface area contributed by atoms with Crippen molar-refractivity contribution in [3.05, 3.63) is 68.5 Å². The lowest BCUT2D eigenvalue weighted by atomic mass is 9.93. The Kier molecular flexibility index (Phi) is 6.58. The van der Waals surface area contributed by atoms with Crippen LogP contribution in [0.25, 0.3) is 11.0 Å². The van der Waals surface area contributed by atoms with E-state index in [4.69, 9.17) is 25.5 Å². The SMILES string of the molecule is CCOc1ccc(C2(O)c3c(oc4ccc(Cl)cc4c3=O)C(=O)N2CCCN(C)C)cc1OC. The number of fused-ring (bicyclic) bond motifs is 2. The van der Waals surface area contributed by atoms with Crippen LogP contribution in [0.1, 0.15) is 35.0 Å². The van der Waals surface area contributed by atoms with Crippen molar-refractivity contribution in [1.82, 2.24) is 9.80 Å². The molecule has 1 aliphatic rings. The minimum absolute atomic E-state index is 0.136. The van der Waals surface area contributed by atoms with Crippen molar-refractivity contribution in [3.8, 4) is 11.5 Å². The van der Waals surface area contributed by atoms with Crippen molar-refractivity contribution >= 4 is 28.5 Å². The van der Waals surface area contributed by atoms with Gasteiger partial charge >= 0.3 is 0 Å². The Morgan fingerprint density at radius 3 is 2.59 bits per heavy atom. The third-order valence-electron chi connectivity index (χ3n) is 5.88. The summed E-state index contributed by atoms with van der Waals surface area (Å²) in [6.07, 6.45) is 0.572. The molecule has 2 heterocycles. The van der Waals surface area contributed by atoms with Crippen LogP contribution in [0, 0.1) is 0 Å². The standard InChI is InChI=1S/C25H27ClN2O6/c1-5-33-19-9-7-15(13-20(19)32-4)25(31)21-22(29)17-14-16(26)8-10-18(17)34-23(21)24(30)28(25)12-6-11-27(2)3/h7-10,13-14,31H,5-6,11-12H2,1-4H3. The molecule has 0 fully saturated rings. The molecule has 34 heavy (non-hydrogen) atoms. The first-order valence-corrected chi connectivity index (χ1v) is 11.4. The number of hydrogen-bond acceptors (Lipinski definition) is 7. The Balaban J connectivity index is 1.95. The molecule has 9 heteroatoms. The molecule has 4 rings (SSSR count). The van der Waals surface area contributed by atoms with Gasteiger partial charge in [0.25, 0.3) is 5.91 Å². The lowest BCUT2D eigenvalue weighted by Gasteiger charge is -2.34. The molecule has 0 aliphatic carbocycles. The summed E-state index contributed by atoms with van der Waals surface area (Å²) in [5.74, 6) is 0.117. The monoisotopic (exact) mass is 486 g/mol. The first-order valence-electron chi connectivity index (χ1n) is 11.0. The Morgan fingerprint density at radius 2 is 1.91 bits per heavy atom. The number of halogens is 1. The average Bonchev–Trinajstić information content (AvgIpc) is 3.02. The van der Waals surface area contributed by atoms with E-state index >= 15 is 0 Å². The molecule has 1 N–H and O–H groups in total. The van der Waals surface area contributed by atoms with E-state index in [1.165, 1.54) is 18.1 Å². The molecule has 1 amide bonds. The number of benzene rings is 2. The Bertz CT molecular complexity index is 1300. The van der Waals surface area contributed by atoms with E-state index in [1.807, 2.05) is 25.9 Å². The third kappa shape index (κ3) is 3.91. The van der Waals surface area contributed by atoms with Crippen LogP contribution in [0.2, 0.25) is 5.02 Å². The molecule has 0 saturated heterocycles. The maximum absolute atomic E-state index is 13.6. The molecule has 1 aliphatic heterocycles. The maximum atomic E-state index is 13.6. The van der Waals surface area contributed by atoms with Gasteiger partial charge in [-0.3, -0.25) is 14.5 Å². The van der Waals surface area contributed by atoms with Crippen LogP contribution in [-0.2, 0) is 5.72 Å². The zero-order chi connectivity index (χ0) is 24.6. The molecule has 1 aromatic heterocycles. The predicted molar refractivity (Wildman–Crippen MR) is 129 cm³/mol. The van der Waals surface area contributed by atoms with Crippen LogP contribution in [0.4, 0.5) is 0 Å². The van der Waals surface area contributed by atoms with E-state index in [9.17, 15) is 14.7 Å². The van der Waals surface area contributed by atoms with Gasteiger partial charge in [-0.2, -0.15) is 0 Å². The summed E-state index contributed by atoms with van der Waals surface area (Å²) in [6, 6.07) is 9.44. The van der Waals surface area contributed by atoms with E-state index in [2.05, 4.69) is 0 Å². The Hall–Kier alpha value is -3.07. The number of amides is 1. The predicted octanol–water partition coefficient (Wildman–Crippen LogP) is 3.45. The molecule has 0 saturated carbocycles. The summed E-state index contributed by atoms with van der Waals surface area (Å²) in [5.41, 5.74) is -2.20. The second-order valence-corrected chi connectivity index (χ2v) is 8.80. The van der Waals surface area contributed by atoms with E-state index in [-0.39, 0.29) is 28.8 Å². The minimum atomic E-state index is -2.06. The van der Waals surface area contributed by atoms with Gasteiger partial charge in [-0.1, -0.05) is 11.6 Å². The van der Waals surface area contributed by atoms with Crippen molar-refractivity contribution in [1.29, 1.82) is 0 Å². The van der Waals surface area contributed by atoms with Gasteiger partial charge in [-0.25, -0.2) is 0 Å². The van der Waals surface area contributed by atoms with Crippen molar-refractivity contribution < 1.29 is 23.8 Å². The first kappa shape index (κ1) is 24.1. The van der Waals surface area contributed by atoms with E-state index in [1.54, 1.807) is 30.3 Å². The Morgan fingerprint density at radius 1 is 1.15 bits per heavy atom. The molecule has 2 aromatic carbocycles. The number of hydrogen-bond donors (Lipinski definition) is 1. The number of nitrogens with zero attached hydrogens (tertiary/aromatic N) is 2. The van der Waals surface area contributed by atoms with Crippen LogP contribution in [0.15, 0.2) is 45.6 Å². The number of methoxy groups -OCH3 is 1. The maximum Gasteiger partial charge on any atom is 0.293 e. The highest BCUT2D eigenvalue weighted by atomic mass is 35.5. The summed E-state index contributed by atoms with van der Waals surface area (Å²) in [6.45, 7) is 3.15. The van der Waals surface area contributed by atoms with Crippen LogP contribution in [0.3, 0.4) is 0 Å². The van der Waals surface area contributed by atoms with Crippen molar-refractivity contribution in [2.75, 3.05) is 40.9 Å². The highest BCUT2D eigenvalue weighted by molar-refractivity contribution is 6.31. The molecule has 1 atom stereocenters. The van der Waals surface area contributed by atoms with E-state index in [0.717, 1.165) is 0 Å². The number of carbonyl (C=O) groups excluding carboxylic acids is 1. The number of rotatable bonds is 8. The fourth-order valence-corrected chi connectivity index (χ4v) is 4.48. The third-order valence-corrected chi connectivity index (χ3v) is 6.12. The van der Waals surface area contributed by atoms with Crippen LogP contribution in [0.5, 0.6) is 11.5 Å².